The van der Waals surface area contributed by atoms with Gasteiger partial charge >= 0.3 is 7.69 Å². The highest BCUT2D eigenvalue weighted by molar-refractivity contribution is 6.19. The first-order valence-electron chi connectivity index (χ1n) is 5.40. The minimum absolute atomic E-state index is 0.366. The summed E-state index contributed by atoms with van der Waals surface area (Å²) in [6.07, 6.45) is 1.68. The molecule has 1 heterocycles. The van der Waals surface area contributed by atoms with Gasteiger partial charge in [0.25, 0.3) is 0 Å². The minimum Gasteiger partial charge on any atom is -0.524 e. The first-order chi connectivity index (χ1) is 8.40. The zero-order valence-electron chi connectivity index (χ0n) is 9.13. The zero-order chi connectivity index (χ0) is 11.7. The van der Waals surface area contributed by atoms with Gasteiger partial charge in [0.05, 0.1) is 5.39 Å². The number of benzene rings is 2. The number of fused-ring (bicyclic) bond motifs is 3. The van der Waals surface area contributed by atoms with Crippen LogP contribution in [-0.4, -0.2) is 17.7 Å². The molecule has 0 atom stereocenters. The number of rotatable bonds is 2. The van der Waals surface area contributed by atoms with Crippen molar-refractivity contribution in [1.29, 1.82) is 0 Å². The molecule has 0 aliphatic rings. The molecule has 0 bridgehead atoms. The molecule has 3 rings (SSSR count). The predicted molar refractivity (Wildman–Crippen MR) is 69.2 cm³/mol. The van der Waals surface area contributed by atoms with Gasteiger partial charge in [0.1, 0.15) is 0 Å². The summed E-state index contributed by atoms with van der Waals surface area (Å²) in [4.78, 5) is 4.16. The Balaban J connectivity index is 2.45. The van der Waals surface area contributed by atoms with Gasteiger partial charge in [0.15, 0.2) is 0 Å². The number of nitrogens with zero attached hydrogens (tertiary/aromatic N) is 1. The van der Waals surface area contributed by atoms with Crippen molar-refractivity contribution >= 4 is 29.2 Å². The third-order valence-electron chi connectivity index (χ3n) is 2.82. The van der Waals surface area contributed by atoms with Gasteiger partial charge in [-0.25, -0.2) is 4.98 Å². The fourth-order valence-electron chi connectivity index (χ4n) is 2.09. The molecule has 0 spiro atoms. The molecule has 0 fully saturated rings. The Hall–Kier alpha value is -2.07. The molecule has 0 aliphatic carbocycles. The highest BCUT2D eigenvalue weighted by Gasteiger charge is 2.07. The Morgan fingerprint density at radius 2 is 1.82 bits per heavy atom. The van der Waals surface area contributed by atoms with E-state index in [1.54, 1.807) is 6.20 Å². The van der Waals surface area contributed by atoms with Crippen LogP contribution in [0.3, 0.4) is 0 Å². The van der Waals surface area contributed by atoms with Crippen LogP contribution in [0.4, 0.5) is 0 Å². The van der Waals surface area contributed by atoms with E-state index >= 15 is 0 Å². The van der Waals surface area contributed by atoms with Crippen molar-refractivity contribution in [3.8, 4) is 5.88 Å². The molecule has 0 unspecified atom stereocenters. The molecule has 3 nitrogen and oxygen atoms in total. The summed E-state index contributed by atoms with van der Waals surface area (Å²) in [6.45, 7) is 0. The average molecular weight is 223 g/mol. The van der Waals surface area contributed by atoms with Crippen LogP contribution in [0.2, 0.25) is 0 Å². The van der Waals surface area contributed by atoms with Gasteiger partial charge in [-0.3, -0.25) is 0 Å². The van der Waals surface area contributed by atoms with Gasteiger partial charge in [-0.05, 0) is 22.2 Å². The third-order valence-corrected chi connectivity index (χ3v) is 2.82. The second kappa shape index (κ2) is 4.07. The molecule has 1 N–H and O–H groups in total. The molecule has 2 aromatic carbocycles. The summed E-state index contributed by atoms with van der Waals surface area (Å²) in [6, 6.07) is 14.1. The Kier molecular flexibility index (Phi) is 2.42. The Morgan fingerprint density at radius 1 is 1.00 bits per heavy atom. The molecule has 0 saturated heterocycles. The second-order valence-electron chi connectivity index (χ2n) is 3.77. The van der Waals surface area contributed by atoms with E-state index < -0.39 is 0 Å². The molecule has 0 saturated carbocycles. The van der Waals surface area contributed by atoms with Gasteiger partial charge in [-0.2, -0.15) is 0 Å². The van der Waals surface area contributed by atoms with Crippen molar-refractivity contribution in [3.05, 3.63) is 48.7 Å². The molecule has 82 valence electrons. The summed E-state index contributed by atoms with van der Waals surface area (Å²) in [5, 5.41) is 13.1. The Morgan fingerprint density at radius 3 is 2.71 bits per heavy atom. The van der Waals surface area contributed by atoms with Gasteiger partial charge < -0.3 is 9.68 Å². The standard InChI is InChI=1S/C13H10BNO2/c16-14-17-13-12-10(7-8-15-13)6-5-9-3-1-2-4-11(9)12/h1-8,14,16H. The van der Waals surface area contributed by atoms with Crippen molar-refractivity contribution in [3.63, 3.8) is 0 Å². The van der Waals surface area contributed by atoms with Crippen LogP contribution in [0.5, 0.6) is 5.88 Å². The summed E-state index contributed by atoms with van der Waals surface area (Å²) in [5.74, 6) is 0.474. The summed E-state index contributed by atoms with van der Waals surface area (Å²) in [7, 11) is -0.366. The molecule has 0 amide bonds. The van der Waals surface area contributed by atoms with Crippen LogP contribution in [0, 0.1) is 0 Å². The first-order valence-corrected chi connectivity index (χ1v) is 5.40. The van der Waals surface area contributed by atoms with E-state index in [2.05, 4.69) is 11.1 Å². The molecule has 3 aromatic rings. The van der Waals surface area contributed by atoms with Gasteiger partial charge in [0, 0.05) is 6.20 Å². The second-order valence-corrected chi connectivity index (χ2v) is 3.77. The van der Waals surface area contributed by atoms with E-state index in [1.165, 1.54) is 0 Å². The maximum Gasteiger partial charge on any atom is 0.505 e. The van der Waals surface area contributed by atoms with Gasteiger partial charge in [0.2, 0.25) is 5.88 Å². The monoisotopic (exact) mass is 223 g/mol. The quantitative estimate of drug-likeness (QED) is 0.533. The molecule has 0 radical (unpaired) electrons. The van der Waals surface area contributed by atoms with Crippen LogP contribution in [-0.2, 0) is 0 Å². The lowest BCUT2D eigenvalue weighted by atomic mass is 10.0. The van der Waals surface area contributed by atoms with E-state index in [0.717, 1.165) is 21.5 Å². The SMILES string of the molecule is OBOc1nccc2ccc3ccccc3c12. The topological polar surface area (TPSA) is 42.4 Å². The van der Waals surface area contributed by atoms with Crippen LogP contribution >= 0.6 is 0 Å². The zero-order valence-corrected chi connectivity index (χ0v) is 9.13. The van der Waals surface area contributed by atoms with Crippen LogP contribution in [0.1, 0.15) is 0 Å². The number of aromatic nitrogens is 1. The lowest BCUT2D eigenvalue weighted by molar-refractivity contribution is 0.447. The highest BCUT2D eigenvalue weighted by atomic mass is 16.5. The molecule has 0 aliphatic heterocycles. The van der Waals surface area contributed by atoms with Crippen molar-refractivity contribution in [2.24, 2.45) is 0 Å². The predicted octanol–water partition coefficient (Wildman–Crippen LogP) is 2.03. The smallest absolute Gasteiger partial charge is 0.505 e. The molecule has 1 aromatic heterocycles. The van der Waals surface area contributed by atoms with E-state index in [9.17, 15) is 0 Å². The average Bonchev–Trinajstić information content (AvgIpc) is 2.39. The van der Waals surface area contributed by atoms with Crippen molar-refractivity contribution in [2.75, 3.05) is 0 Å². The molecule has 4 heteroatoms. The first kappa shape index (κ1) is 10.1. The Bertz CT molecular complexity index is 684. The van der Waals surface area contributed by atoms with E-state index in [1.807, 2.05) is 36.4 Å². The molecular formula is C13H10BNO2. The van der Waals surface area contributed by atoms with Crippen LogP contribution in [0.25, 0.3) is 21.5 Å². The van der Waals surface area contributed by atoms with Gasteiger partial charge in [-0.1, -0.05) is 36.4 Å². The van der Waals surface area contributed by atoms with Crippen molar-refractivity contribution in [1.82, 2.24) is 4.98 Å². The fourth-order valence-corrected chi connectivity index (χ4v) is 2.09. The lowest BCUT2D eigenvalue weighted by Gasteiger charge is -2.08. The van der Waals surface area contributed by atoms with E-state index in [-0.39, 0.29) is 7.69 Å². The fraction of sp³-hybridized carbons (Fsp3) is 0. The van der Waals surface area contributed by atoms with Crippen LogP contribution in [0.15, 0.2) is 48.7 Å². The van der Waals surface area contributed by atoms with Crippen molar-refractivity contribution < 1.29 is 9.68 Å². The molecular weight excluding hydrogens is 213 g/mol. The molecule has 17 heavy (non-hydrogen) atoms. The Labute approximate surface area is 99.0 Å². The highest BCUT2D eigenvalue weighted by Crippen LogP contribution is 2.30. The largest absolute Gasteiger partial charge is 0.524 e. The number of hydrogen-bond acceptors (Lipinski definition) is 3. The maximum absolute atomic E-state index is 8.89. The lowest BCUT2D eigenvalue weighted by Crippen LogP contribution is -2.02. The van der Waals surface area contributed by atoms with Gasteiger partial charge in [-0.15, -0.1) is 0 Å². The van der Waals surface area contributed by atoms with Crippen LogP contribution < -0.4 is 4.65 Å². The van der Waals surface area contributed by atoms with Crippen molar-refractivity contribution in [2.45, 2.75) is 0 Å². The minimum atomic E-state index is -0.366. The van der Waals surface area contributed by atoms with E-state index in [0.29, 0.717) is 5.88 Å². The number of hydrogen-bond donors (Lipinski definition) is 1. The van der Waals surface area contributed by atoms with E-state index in [4.69, 9.17) is 9.68 Å². The normalized spacial score (nSPS) is 10.6. The third kappa shape index (κ3) is 1.63. The number of pyridine rings is 1. The summed E-state index contributed by atoms with van der Waals surface area (Å²) in [5.41, 5.74) is 0. The summed E-state index contributed by atoms with van der Waals surface area (Å²) < 4.78 is 5.17. The summed E-state index contributed by atoms with van der Waals surface area (Å²) >= 11 is 0. The maximum atomic E-state index is 8.89.